The van der Waals surface area contributed by atoms with Crippen LogP contribution in [-0.4, -0.2) is 38.0 Å². The van der Waals surface area contributed by atoms with Crippen LogP contribution in [-0.2, 0) is 0 Å². The lowest BCUT2D eigenvalue weighted by Crippen LogP contribution is -2.31. The molecule has 0 radical (unpaired) electrons. The number of piperidine rings is 1. The zero-order valence-electron chi connectivity index (χ0n) is 12.7. The molecule has 1 unspecified atom stereocenters. The Hall–Kier alpha value is -2.27. The molecule has 0 aliphatic carbocycles. The number of likely N-dealkylation sites (tertiary alicyclic amines) is 1. The van der Waals surface area contributed by atoms with Gasteiger partial charge in [-0.05, 0) is 50.7 Å². The number of aromatic nitrogens is 4. The first kappa shape index (κ1) is 13.4. The van der Waals surface area contributed by atoms with Gasteiger partial charge in [-0.3, -0.25) is 14.5 Å². The van der Waals surface area contributed by atoms with Gasteiger partial charge in [0.25, 0.3) is 0 Å². The van der Waals surface area contributed by atoms with Crippen molar-refractivity contribution in [3.05, 3.63) is 48.7 Å². The van der Waals surface area contributed by atoms with Crippen LogP contribution in [0.2, 0.25) is 0 Å². The molecule has 3 aromatic heterocycles. The van der Waals surface area contributed by atoms with Crippen LogP contribution in [0.4, 0.5) is 0 Å². The first-order valence-corrected chi connectivity index (χ1v) is 7.78. The molecule has 3 aromatic rings. The van der Waals surface area contributed by atoms with Crippen LogP contribution in [0, 0.1) is 0 Å². The molecule has 112 valence electrons. The predicted molar refractivity (Wildman–Crippen MR) is 85.9 cm³/mol. The molecule has 0 aromatic carbocycles. The summed E-state index contributed by atoms with van der Waals surface area (Å²) in [7, 11) is 2.19. The lowest BCUT2D eigenvalue weighted by molar-refractivity contribution is 0.178. The second-order valence-corrected chi connectivity index (χ2v) is 5.85. The SMILES string of the molecule is CN1CCCCC1c1nc2cccnc2n1-c1ccncc1. The Labute approximate surface area is 129 Å². The largest absolute Gasteiger partial charge is 0.297 e. The van der Waals surface area contributed by atoms with E-state index in [1.54, 1.807) is 0 Å². The molecule has 4 rings (SSSR count). The van der Waals surface area contributed by atoms with E-state index in [0.717, 1.165) is 35.6 Å². The monoisotopic (exact) mass is 293 g/mol. The number of hydrogen-bond acceptors (Lipinski definition) is 4. The van der Waals surface area contributed by atoms with E-state index in [4.69, 9.17) is 4.98 Å². The van der Waals surface area contributed by atoms with Crippen LogP contribution in [0.1, 0.15) is 31.1 Å². The molecule has 4 heterocycles. The first-order chi connectivity index (χ1) is 10.8. The van der Waals surface area contributed by atoms with Crippen LogP contribution >= 0.6 is 0 Å². The van der Waals surface area contributed by atoms with Crippen LogP contribution in [0.25, 0.3) is 16.9 Å². The van der Waals surface area contributed by atoms with Gasteiger partial charge in [0.05, 0.1) is 11.7 Å². The zero-order chi connectivity index (χ0) is 14.9. The third-order valence-electron chi connectivity index (χ3n) is 4.43. The fourth-order valence-corrected chi connectivity index (χ4v) is 3.30. The van der Waals surface area contributed by atoms with E-state index < -0.39 is 0 Å². The maximum Gasteiger partial charge on any atom is 0.164 e. The van der Waals surface area contributed by atoms with Crippen molar-refractivity contribution < 1.29 is 0 Å². The summed E-state index contributed by atoms with van der Waals surface area (Å²) in [6, 6.07) is 8.35. The van der Waals surface area contributed by atoms with Gasteiger partial charge < -0.3 is 0 Å². The molecule has 5 nitrogen and oxygen atoms in total. The second kappa shape index (κ2) is 5.50. The molecule has 22 heavy (non-hydrogen) atoms. The highest BCUT2D eigenvalue weighted by molar-refractivity contribution is 5.73. The van der Waals surface area contributed by atoms with E-state index in [9.17, 15) is 0 Å². The van der Waals surface area contributed by atoms with E-state index in [2.05, 4.69) is 26.5 Å². The zero-order valence-corrected chi connectivity index (χ0v) is 12.7. The minimum atomic E-state index is 0.344. The van der Waals surface area contributed by atoms with Gasteiger partial charge in [0.1, 0.15) is 11.3 Å². The van der Waals surface area contributed by atoms with E-state index in [-0.39, 0.29) is 0 Å². The van der Waals surface area contributed by atoms with Gasteiger partial charge in [0, 0.05) is 18.6 Å². The van der Waals surface area contributed by atoms with Gasteiger partial charge in [-0.25, -0.2) is 9.97 Å². The molecule has 5 heteroatoms. The van der Waals surface area contributed by atoms with Crippen LogP contribution in [0.3, 0.4) is 0 Å². The minimum absolute atomic E-state index is 0.344. The quantitative estimate of drug-likeness (QED) is 0.729. The molecule has 1 atom stereocenters. The van der Waals surface area contributed by atoms with Crippen molar-refractivity contribution in [3.8, 4) is 5.69 Å². The van der Waals surface area contributed by atoms with E-state index in [1.807, 2.05) is 42.9 Å². The lowest BCUT2D eigenvalue weighted by atomic mass is 10.0. The van der Waals surface area contributed by atoms with E-state index >= 15 is 0 Å². The van der Waals surface area contributed by atoms with Crippen molar-refractivity contribution >= 4 is 11.2 Å². The molecular weight excluding hydrogens is 274 g/mol. The van der Waals surface area contributed by atoms with Gasteiger partial charge in [-0.2, -0.15) is 0 Å². The Balaban J connectivity index is 1.94. The molecule has 1 aliphatic rings. The van der Waals surface area contributed by atoms with Crippen molar-refractivity contribution in [2.24, 2.45) is 0 Å². The highest BCUT2D eigenvalue weighted by Gasteiger charge is 2.27. The molecular formula is C17H19N5. The Morgan fingerprint density at radius 3 is 2.77 bits per heavy atom. The number of pyridine rings is 2. The lowest BCUT2D eigenvalue weighted by Gasteiger charge is -2.32. The number of imidazole rings is 1. The molecule has 0 saturated carbocycles. The fraction of sp³-hybridized carbons (Fsp3) is 0.353. The van der Waals surface area contributed by atoms with Crippen molar-refractivity contribution in [2.75, 3.05) is 13.6 Å². The summed E-state index contributed by atoms with van der Waals surface area (Å²) in [6.45, 7) is 1.12. The van der Waals surface area contributed by atoms with Gasteiger partial charge >= 0.3 is 0 Å². The third kappa shape index (κ3) is 2.18. The number of hydrogen-bond donors (Lipinski definition) is 0. The first-order valence-electron chi connectivity index (χ1n) is 7.78. The average molecular weight is 293 g/mol. The van der Waals surface area contributed by atoms with Crippen LogP contribution < -0.4 is 0 Å². The number of rotatable bonds is 2. The molecule has 0 N–H and O–H groups in total. The molecule has 0 amide bonds. The van der Waals surface area contributed by atoms with Gasteiger partial charge in [-0.1, -0.05) is 6.42 Å². The number of nitrogens with zero attached hydrogens (tertiary/aromatic N) is 5. The second-order valence-electron chi connectivity index (χ2n) is 5.85. The average Bonchev–Trinajstić information content (AvgIpc) is 2.95. The maximum atomic E-state index is 4.90. The van der Waals surface area contributed by atoms with Crippen LogP contribution in [0.15, 0.2) is 42.9 Å². The van der Waals surface area contributed by atoms with Gasteiger partial charge in [0.15, 0.2) is 5.65 Å². The van der Waals surface area contributed by atoms with E-state index in [1.165, 1.54) is 12.8 Å². The topological polar surface area (TPSA) is 46.8 Å². The smallest absolute Gasteiger partial charge is 0.164 e. The Bertz CT molecular complexity index is 780. The molecule has 1 saturated heterocycles. The summed E-state index contributed by atoms with van der Waals surface area (Å²) in [6.07, 6.45) is 9.13. The summed E-state index contributed by atoms with van der Waals surface area (Å²) < 4.78 is 2.18. The summed E-state index contributed by atoms with van der Waals surface area (Å²) in [5.74, 6) is 1.09. The summed E-state index contributed by atoms with van der Waals surface area (Å²) >= 11 is 0. The van der Waals surface area contributed by atoms with Gasteiger partial charge in [-0.15, -0.1) is 0 Å². The van der Waals surface area contributed by atoms with Crippen molar-refractivity contribution in [1.82, 2.24) is 24.4 Å². The van der Waals surface area contributed by atoms with Crippen molar-refractivity contribution in [3.63, 3.8) is 0 Å². The van der Waals surface area contributed by atoms with Crippen molar-refractivity contribution in [1.29, 1.82) is 0 Å². The summed E-state index contributed by atoms with van der Waals surface area (Å²) in [5, 5.41) is 0. The van der Waals surface area contributed by atoms with Gasteiger partial charge in [0.2, 0.25) is 0 Å². The minimum Gasteiger partial charge on any atom is -0.297 e. The predicted octanol–water partition coefficient (Wildman–Crippen LogP) is 2.97. The maximum absolute atomic E-state index is 4.90. The Morgan fingerprint density at radius 2 is 1.95 bits per heavy atom. The standard InChI is InChI=1S/C17H19N5/c1-21-12-3-2-6-15(21)17-20-14-5-4-9-19-16(14)22(17)13-7-10-18-11-8-13/h4-5,7-11,15H,2-3,6,12H2,1H3. The summed E-state index contributed by atoms with van der Waals surface area (Å²) in [4.78, 5) is 16.0. The molecule has 0 bridgehead atoms. The molecule has 1 aliphatic heterocycles. The molecule has 0 spiro atoms. The van der Waals surface area contributed by atoms with E-state index in [0.29, 0.717) is 6.04 Å². The normalized spacial score (nSPS) is 19.6. The Morgan fingerprint density at radius 1 is 1.09 bits per heavy atom. The Kier molecular flexibility index (Phi) is 3.35. The number of fused-ring (bicyclic) bond motifs is 1. The third-order valence-corrected chi connectivity index (χ3v) is 4.43. The fourth-order valence-electron chi connectivity index (χ4n) is 3.30. The highest BCUT2D eigenvalue weighted by atomic mass is 15.2. The molecule has 1 fully saturated rings. The van der Waals surface area contributed by atoms with Crippen molar-refractivity contribution in [2.45, 2.75) is 25.3 Å². The summed E-state index contributed by atoms with van der Waals surface area (Å²) in [5.41, 5.74) is 2.95. The van der Waals surface area contributed by atoms with Crippen LogP contribution in [0.5, 0.6) is 0 Å². The highest BCUT2D eigenvalue weighted by Crippen LogP contribution is 2.32.